The largest absolute Gasteiger partial charge is 0.395 e. The number of nitrogen functional groups attached to an aromatic ring is 1. The van der Waals surface area contributed by atoms with Crippen LogP contribution in [0.3, 0.4) is 0 Å². The molecule has 10 nitrogen and oxygen atoms in total. The van der Waals surface area contributed by atoms with Crippen LogP contribution in [0.4, 0.5) is 20.3 Å². The molecule has 1 saturated carbocycles. The molecular formula is C23H22F2N8O2. The van der Waals surface area contributed by atoms with E-state index in [1.54, 1.807) is 24.5 Å². The smallest absolute Gasteiger partial charge is 0.345 e. The number of halogens is 2. The molecule has 4 aromatic rings. The number of carbonyl (C=O) groups is 1. The van der Waals surface area contributed by atoms with Gasteiger partial charge >= 0.3 is 6.61 Å². The van der Waals surface area contributed by atoms with Crippen LogP contribution in [0.1, 0.15) is 28.9 Å². The number of alkyl halides is 2. The normalized spacial score (nSPS) is 17.5. The fraction of sp³-hybridized carbons (Fsp3) is 0.261. The molecule has 0 bridgehead atoms. The van der Waals surface area contributed by atoms with Gasteiger partial charge in [0.15, 0.2) is 11.5 Å². The summed E-state index contributed by atoms with van der Waals surface area (Å²) in [6.45, 7) is -0.901. The summed E-state index contributed by atoms with van der Waals surface area (Å²) in [4.78, 5) is 25.7. The molecule has 0 saturated heterocycles. The average Bonchev–Trinajstić information content (AvgIpc) is 3.27. The summed E-state index contributed by atoms with van der Waals surface area (Å²) in [7, 11) is 0. The van der Waals surface area contributed by atoms with E-state index >= 15 is 0 Å². The number of anilines is 2. The summed E-state index contributed by atoms with van der Waals surface area (Å²) < 4.78 is 29.4. The van der Waals surface area contributed by atoms with Crippen molar-refractivity contribution >= 4 is 28.3 Å². The first kappa shape index (κ1) is 22.6. The van der Waals surface area contributed by atoms with Crippen molar-refractivity contribution in [1.82, 2.24) is 25.1 Å². The van der Waals surface area contributed by atoms with E-state index in [-0.39, 0.29) is 23.2 Å². The molecule has 3 aromatic heterocycles. The Labute approximate surface area is 198 Å². The molecule has 12 heteroatoms. The lowest BCUT2D eigenvalue weighted by atomic mass is 9.89. The highest BCUT2D eigenvalue weighted by Gasteiger charge is 2.33. The van der Waals surface area contributed by atoms with Gasteiger partial charge in [0.1, 0.15) is 5.82 Å². The Morgan fingerprint density at radius 1 is 1.26 bits per heavy atom. The fourth-order valence-corrected chi connectivity index (χ4v) is 4.24. The molecule has 1 fully saturated rings. The van der Waals surface area contributed by atoms with E-state index in [0.717, 1.165) is 16.5 Å². The zero-order valence-corrected chi connectivity index (χ0v) is 18.6. The number of ether oxygens (including phenoxy) is 1. The summed E-state index contributed by atoms with van der Waals surface area (Å²) in [5.74, 6) is -0.163. The lowest BCUT2D eigenvalue weighted by molar-refractivity contribution is -0.182. The Hall–Kier alpha value is -4.19. The van der Waals surface area contributed by atoms with Gasteiger partial charge < -0.3 is 21.5 Å². The van der Waals surface area contributed by atoms with E-state index in [1.807, 2.05) is 19.1 Å². The van der Waals surface area contributed by atoms with Crippen LogP contribution < -0.4 is 16.8 Å². The van der Waals surface area contributed by atoms with Crippen LogP contribution >= 0.6 is 0 Å². The van der Waals surface area contributed by atoms with Gasteiger partial charge in [0.25, 0.3) is 5.91 Å². The van der Waals surface area contributed by atoms with E-state index < -0.39 is 18.6 Å². The van der Waals surface area contributed by atoms with Gasteiger partial charge in [-0.15, -0.1) is 0 Å². The molecule has 0 unspecified atom stereocenters. The highest BCUT2D eigenvalue weighted by molar-refractivity contribution is 6.04. The van der Waals surface area contributed by atoms with Crippen LogP contribution in [-0.4, -0.2) is 49.8 Å². The fourth-order valence-electron chi connectivity index (χ4n) is 4.24. The number of nitrogens with zero attached hydrogens (tertiary/aromatic N) is 4. The van der Waals surface area contributed by atoms with Gasteiger partial charge in [-0.05, 0) is 43.5 Å². The topological polar surface area (TPSA) is 158 Å². The number of aromatic nitrogens is 5. The van der Waals surface area contributed by atoms with E-state index in [9.17, 15) is 13.6 Å². The molecule has 35 heavy (non-hydrogen) atoms. The molecule has 0 aliphatic heterocycles. The third-order valence-electron chi connectivity index (χ3n) is 6.03. The third-order valence-corrected chi connectivity index (χ3v) is 6.03. The van der Waals surface area contributed by atoms with Gasteiger partial charge in [-0.2, -0.15) is 13.9 Å². The first-order valence-corrected chi connectivity index (χ1v) is 10.9. The second-order valence-corrected chi connectivity index (χ2v) is 8.34. The number of benzene rings is 1. The number of aromatic amines is 1. The van der Waals surface area contributed by atoms with Crippen LogP contribution in [0.15, 0.2) is 36.7 Å². The predicted octanol–water partition coefficient (Wildman–Crippen LogP) is 3.25. The zero-order chi connectivity index (χ0) is 24.7. The highest BCUT2D eigenvalue weighted by atomic mass is 19.3. The number of pyridine rings is 1. The van der Waals surface area contributed by atoms with Gasteiger partial charge in [0.2, 0.25) is 0 Å². The maximum Gasteiger partial charge on any atom is 0.345 e. The molecule has 0 spiro atoms. The second-order valence-electron chi connectivity index (χ2n) is 8.34. The molecular weight excluding hydrogens is 458 g/mol. The number of amides is 1. The number of nitrogens with one attached hydrogen (secondary N) is 2. The van der Waals surface area contributed by atoms with Gasteiger partial charge in [-0.25, -0.2) is 15.0 Å². The SMILES string of the molecule is Cc1ccc2[nH]ncc2c1-c1nc(-c2cccnc2NC2CC(OC(F)F)C2)nc(C(N)=O)c1N. The van der Waals surface area contributed by atoms with Crippen LogP contribution in [0, 0.1) is 6.92 Å². The Morgan fingerprint density at radius 2 is 2.06 bits per heavy atom. The van der Waals surface area contributed by atoms with Gasteiger partial charge in [0.05, 0.1) is 34.8 Å². The van der Waals surface area contributed by atoms with Crippen LogP contribution in [0.2, 0.25) is 0 Å². The van der Waals surface area contributed by atoms with Crippen molar-refractivity contribution < 1.29 is 18.3 Å². The standard InChI is InChI=1S/C23H22F2N8O2/c1-10-4-5-15-14(9-29-33-15)16(10)18-17(26)19(20(27)34)32-22(31-18)13-3-2-6-28-21(13)30-11-7-12(8-11)35-23(24)25/h2-6,9,11-12,23H,7-8,26H2,1H3,(H2,27,34)(H,28,30)(H,29,33). The first-order valence-electron chi connectivity index (χ1n) is 10.9. The molecule has 0 atom stereocenters. The van der Waals surface area contributed by atoms with Crippen molar-refractivity contribution in [2.45, 2.75) is 38.5 Å². The van der Waals surface area contributed by atoms with Crippen molar-refractivity contribution in [1.29, 1.82) is 0 Å². The minimum Gasteiger partial charge on any atom is -0.395 e. The molecule has 1 aromatic carbocycles. The molecule has 1 aliphatic rings. The summed E-state index contributed by atoms with van der Waals surface area (Å²) >= 11 is 0. The molecule has 5 rings (SSSR count). The van der Waals surface area contributed by atoms with E-state index in [0.29, 0.717) is 35.5 Å². The number of hydrogen-bond donors (Lipinski definition) is 4. The lowest BCUT2D eigenvalue weighted by Crippen LogP contribution is -2.41. The molecule has 3 heterocycles. The molecule has 1 aliphatic carbocycles. The number of rotatable bonds is 7. The predicted molar refractivity (Wildman–Crippen MR) is 126 cm³/mol. The highest BCUT2D eigenvalue weighted by Crippen LogP contribution is 2.37. The minimum absolute atomic E-state index is 0.0578. The zero-order valence-electron chi connectivity index (χ0n) is 18.6. The Bertz CT molecular complexity index is 1420. The quantitative estimate of drug-likeness (QED) is 0.314. The number of carbonyl (C=O) groups excluding carboxylic acids is 1. The minimum atomic E-state index is -2.80. The number of fused-ring (bicyclic) bond motifs is 1. The number of hydrogen-bond acceptors (Lipinski definition) is 8. The van der Waals surface area contributed by atoms with Crippen molar-refractivity contribution in [3.63, 3.8) is 0 Å². The van der Waals surface area contributed by atoms with E-state index in [1.165, 1.54) is 0 Å². The van der Waals surface area contributed by atoms with Crippen molar-refractivity contribution in [2.75, 3.05) is 11.1 Å². The number of nitrogens with two attached hydrogens (primary N) is 2. The Kier molecular flexibility index (Phi) is 5.73. The molecule has 0 radical (unpaired) electrons. The Balaban J connectivity index is 1.58. The molecule has 180 valence electrons. The van der Waals surface area contributed by atoms with Crippen molar-refractivity contribution in [3.8, 4) is 22.6 Å². The summed E-state index contributed by atoms with van der Waals surface area (Å²) in [6, 6.07) is 7.12. The van der Waals surface area contributed by atoms with Crippen molar-refractivity contribution in [3.05, 3.63) is 47.9 Å². The molecule has 6 N–H and O–H groups in total. The van der Waals surface area contributed by atoms with Gasteiger partial charge in [-0.1, -0.05) is 6.07 Å². The summed E-state index contributed by atoms with van der Waals surface area (Å²) in [5, 5.41) is 11.0. The van der Waals surface area contributed by atoms with Crippen molar-refractivity contribution in [2.24, 2.45) is 5.73 Å². The van der Waals surface area contributed by atoms with Gasteiger partial charge in [0, 0.05) is 23.2 Å². The number of primary amides is 1. The monoisotopic (exact) mass is 480 g/mol. The average molecular weight is 480 g/mol. The first-order chi connectivity index (χ1) is 16.8. The van der Waals surface area contributed by atoms with Crippen LogP contribution in [0.25, 0.3) is 33.5 Å². The summed E-state index contributed by atoms with van der Waals surface area (Å²) in [5.41, 5.74) is 15.1. The lowest BCUT2D eigenvalue weighted by Gasteiger charge is -2.35. The maximum absolute atomic E-state index is 12.4. The Morgan fingerprint density at radius 3 is 2.80 bits per heavy atom. The van der Waals surface area contributed by atoms with Crippen LogP contribution in [-0.2, 0) is 4.74 Å². The van der Waals surface area contributed by atoms with E-state index in [2.05, 4.69) is 30.2 Å². The third kappa shape index (κ3) is 4.23. The maximum atomic E-state index is 12.4. The summed E-state index contributed by atoms with van der Waals surface area (Å²) in [6.07, 6.45) is 3.54. The van der Waals surface area contributed by atoms with Gasteiger partial charge in [-0.3, -0.25) is 9.89 Å². The van der Waals surface area contributed by atoms with Crippen LogP contribution in [0.5, 0.6) is 0 Å². The second kappa shape index (κ2) is 8.87. The molecule has 1 amide bonds. The number of H-pyrrole nitrogens is 1. The van der Waals surface area contributed by atoms with E-state index in [4.69, 9.17) is 16.5 Å². The number of aryl methyl sites for hydroxylation is 1.